The van der Waals surface area contributed by atoms with Crippen molar-refractivity contribution >= 4 is 29.9 Å². The van der Waals surface area contributed by atoms with Gasteiger partial charge in [-0.3, -0.25) is 4.98 Å². The molecule has 0 saturated carbocycles. The van der Waals surface area contributed by atoms with Crippen molar-refractivity contribution < 1.29 is 4.74 Å². The van der Waals surface area contributed by atoms with Gasteiger partial charge in [-0.1, -0.05) is 42.5 Å². The summed E-state index contributed by atoms with van der Waals surface area (Å²) < 4.78 is 5.42. The molecular formula is C23H27IN4O. The number of para-hydroxylation sites is 1. The summed E-state index contributed by atoms with van der Waals surface area (Å²) in [5.74, 6) is 1.64. The second kappa shape index (κ2) is 12.1. The number of methoxy groups -OCH3 is 1. The Morgan fingerprint density at radius 3 is 2.59 bits per heavy atom. The third-order valence-corrected chi connectivity index (χ3v) is 4.29. The zero-order valence-corrected chi connectivity index (χ0v) is 19.1. The Kier molecular flexibility index (Phi) is 9.43. The highest BCUT2D eigenvalue weighted by molar-refractivity contribution is 14.0. The quantitative estimate of drug-likeness (QED) is 0.281. The van der Waals surface area contributed by atoms with Crippen LogP contribution in [0, 0.1) is 0 Å². The van der Waals surface area contributed by atoms with Gasteiger partial charge < -0.3 is 15.4 Å². The molecule has 2 N–H and O–H groups in total. The number of aromatic nitrogens is 1. The summed E-state index contributed by atoms with van der Waals surface area (Å²) >= 11 is 0. The van der Waals surface area contributed by atoms with Crippen LogP contribution in [0.25, 0.3) is 11.3 Å². The fraction of sp³-hybridized carbons (Fsp3) is 0.217. The van der Waals surface area contributed by atoms with E-state index >= 15 is 0 Å². The van der Waals surface area contributed by atoms with Gasteiger partial charge in [-0.05, 0) is 36.8 Å². The number of nitrogens with one attached hydrogen (secondary N) is 2. The first-order valence-electron chi connectivity index (χ1n) is 9.44. The van der Waals surface area contributed by atoms with E-state index in [1.165, 1.54) is 0 Å². The van der Waals surface area contributed by atoms with Crippen molar-refractivity contribution in [3.63, 3.8) is 0 Å². The molecule has 0 unspecified atom stereocenters. The van der Waals surface area contributed by atoms with E-state index in [4.69, 9.17) is 9.73 Å². The highest BCUT2D eigenvalue weighted by atomic mass is 127. The first-order valence-corrected chi connectivity index (χ1v) is 9.44. The standard InChI is InChI=1S/C23H26N4O.HI/c1-3-24-23(27-17-20-10-4-5-13-22(20)28-2)26-16-18-9-8-11-19(15-18)21-12-6-7-14-25-21;/h4-15H,3,16-17H2,1-2H3,(H2,24,26,27);1H. The maximum atomic E-state index is 5.42. The van der Waals surface area contributed by atoms with Gasteiger partial charge in [-0.2, -0.15) is 0 Å². The number of aliphatic imine (C=N–C) groups is 1. The molecule has 1 aromatic heterocycles. The summed E-state index contributed by atoms with van der Waals surface area (Å²) in [5.41, 5.74) is 4.29. The Bertz CT molecular complexity index is 916. The van der Waals surface area contributed by atoms with Gasteiger partial charge in [0, 0.05) is 30.4 Å². The van der Waals surface area contributed by atoms with E-state index in [2.05, 4.69) is 40.7 Å². The fourth-order valence-electron chi connectivity index (χ4n) is 2.90. The number of rotatable bonds is 7. The number of guanidine groups is 1. The van der Waals surface area contributed by atoms with Crippen molar-refractivity contribution in [1.82, 2.24) is 15.6 Å². The number of ether oxygens (including phenoxy) is 1. The Morgan fingerprint density at radius 2 is 1.83 bits per heavy atom. The minimum Gasteiger partial charge on any atom is -0.496 e. The zero-order chi connectivity index (χ0) is 19.6. The van der Waals surface area contributed by atoms with Crippen LogP contribution < -0.4 is 15.4 Å². The zero-order valence-electron chi connectivity index (χ0n) is 16.8. The summed E-state index contributed by atoms with van der Waals surface area (Å²) in [6, 6.07) is 22.3. The molecule has 0 spiro atoms. The first kappa shape index (κ1) is 22.7. The minimum atomic E-state index is 0. The lowest BCUT2D eigenvalue weighted by Gasteiger charge is -2.13. The minimum absolute atomic E-state index is 0. The third kappa shape index (κ3) is 6.74. The monoisotopic (exact) mass is 502 g/mol. The molecule has 0 fully saturated rings. The Morgan fingerprint density at radius 1 is 1.00 bits per heavy atom. The second-order valence-corrected chi connectivity index (χ2v) is 6.28. The highest BCUT2D eigenvalue weighted by Gasteiger charge is 2.04. The average Bonchev–Trinajstić information content (AvgIpc) is 2.76. The molecule has 0 aliphatic rings. The molecule has 5 nitrogen and oxygen atoms in total. The molecule has 0 amide bonds. The predicted molar refractivity (Wildman–Crippen MR) is 130 cm³/mol. The van der Waals surface area contributed by atoms with Gasteiger partial charge in [0.15, 0.2) is 5.96 Å². The summed E-state index contributed by atoms with van der Waals surface area (Å²) in [6.07, 6.45) is 1.81. The van der Waals surface area contributed by atoms with E-state index in [0.717, 1.165) is 40.6 Å². The molecule has 0 bridgehead atoms. The predicted octanol–water partition coefficient (Wildman–Crippen LogP) is 4.63. The van der Waals surface area contributed by atoms with Crippen LogP contribution in [0.4, 0.5) is 0 Å². The van der Waals surface area contributed by atoms with Crippen molar-refractivity contribution in [1.29, 1.82) is 0 Å². The van der Waals surface area contributed by atoms with Gasteiger partial charge in [0.1, 0.15) is 5.75 Å². The maximum Gasteiger partial charge on any atom is 0.191 e. The van der Waals surface area contributed by atoms with Crippen molar-refractivity contribution in [2.75, 3.05) is 13.7 Å². The van der Waals surface area contributed by atoms with Crippen molar-refractivity contribution in [2.24, 2.45) is 4.99 Å². The molecule has 0 aliphatic carbocycles. The highest BCUT2D eigenvalue weighted by Crippen LogP contribution is 2.18. The molecule has 3 aromatic rings. The molecule has 29 heavy (non-hydrogen) atoms. The molecular weight excluding hydrogens is 475 g/mol. The van der Waals surface area contributed by atoms with Crippen molar-refractivity contribution in [3.05, 3.63) is 84.1 Å². The van der Waals surface area contributed by atoms with Gasteiger partial charge in [0.25, 0.3) is 0 Å². The number of hydrogen-bond donors (Lipinski definition) is 2. The van der Waals surface area contributed by atoms with Crippen LogP contribution in [0.2, 0.25) is 0 Å². The Labute approximate surface area is 189 Å². The molecule has 152 valence electrons. The van der Waals surface area contributed by atoms with E-state index in [0.29, 0.717) is 13.1 Å². The number of hydrogen-bond acceptors (Lipinski definition) is 3. The summed E-state index contributed by atoms with van der Waals surface area (Å²) in [7, 11) is 1.69. The molecule has 0 saturated heterocycles. The van der Waals surface area contributed by atoms with Gasteiger partial charge in [0.2, 0.25) is 0 Å². The summed E-state index contributed by atoms with van der Waals surface area (Å²) in [4.78, 5) is 9.14. The van der Waals surface area contributed by atoms with Crippen molar-refractivity contribution in [3.8, 4) is 17.0 Å². The maximum absolute atomic E-state index is 5.42. The number of halogens is 1. The molecule has 1 heterocycles. The smallest absolute Gasteiger partial charge is 0.191 e. The third-order valence-electron chi connectivity index (χ3n) is 4.29. The normalized spacial score (nSPS) is 10.8. The number of pyridine rings is 1. The van der Waals surface area contributed by atoms with Gasteiger partial charge in [-0.25, -0.2) is 4.99 Å². The van der Waals surface area contributed by atoms with Crippen LogP contribution in [0.15, 0.2) is 77.9 Å². The lowest BCUT2D eigenvalue weighted by molar-refractivity contribution is 0.409. The van der Waals surface area contributed by atoms with Gasteiger partial charge in [-0.15, -0.1) is 24.0 Å². The van der Waals surface area contributed by atoms with E-state index in [9.17, 15) is 0 Å². The molecule has 6 heteroatoms. The fourth-order valence-corrected chi connectivity index (χ4v) is 2.90. The number of nitrogens with zero attached hydrogens (tertiary/aromatic N) is 2. The molecule has 0 atom stereocenters. The van der Waals surface area contributed by atoms with E-state index in [1.54, 1.807) is 7.11 Å². The molecule has 0 radical (unpaired) electrons. The van der Waals surface area contributed by atoms with Crippen LogP contribution in [0.5, 0.6) is 5.75 Å². The van der Waals surface area contributed by atoms with Crippen LogP contribution in [0.3, 0.4) is 0 Å². The lowest BCUT2D eigenvalue weighted by atomic mass is 10.1. The van der Waals surface area contributed by atoms with Crippen molar-refractivity contribution in [2.45, 2.75) is 20.0 Å². The topological polar surface area (TPSA) is 58.5 Å². The van der Waals surface area contributed by atoms with E-state index < -0.39 is 0 Å². The van der Waals surface area contributed by atoms with E-state index in [1.807, 2.05) is 54.7 Å². The van der Waals surface area contributed by atoms with Crippen LogP contribution in [-0.2, 0) is 13.1 Å². The van der Waals surface area contributed by atoms with E-state index in [-0.39, 0.29) is 24.0 Å². The second-order valence-electron chi connectivity index (χ2n) is 6.28. The Hall–Kier alpha value is -2.61. The lowest BCUT2D eigenvalue weighted by Crippen LogP contribution is -2.36. The molecule has 2 aromatic carbocycles. The SMILES string of the molecule is CCNC(=NCc1cccc(-c2ccccn2)c1)NCc1ccccc1OC.I. The largest absolute Gasteiger partial charge is 0.496 e. The summed E-state index contributed by atoms with van der Waals surface area (Å²) in [6.45, 7) is 4.08. The average molecular weight is 502 g/mol. The molecule has 3 rings (SSSR count). The summed E-state index contributed by atoms with van der Waals surface area (Å²) in [5, 5.41) is 6.67. The van der Waals surface area contributed by atoms with Crippen LogP contribution in [0.1, 0.15) is 18.1 Å². The van der Waals surface area contributed by atoms with Gasteiger partial charge >= 0.3 is 0 Å². The molecule has 0 aliphatic heterocycles. The van der Waals surface area contributed by atoms with Gasteiger partial charge in [0.05, 0.1) is 19.3 Å². The van der Waals surface area contributed by atoms with Crippen LogP contribution in [-0.4, -0.2) is 24.6 Å². The number of benzene rings is 2. The first-order chi connectivity index (χ1) is 13.8. The van der Waals surface area contributed by atoms with Crippen LogP contribution >= 0.6 is 24.0 Å². The Balaban J connectivity index is 0.00000300.